The van der Waals surface area contributed by atoms with E-state index in [4.69, 9.17) is 5.11 Å². The van der Waals surface area contributed by atoms with Crippen LogP contribution in [0.4, 0.5) is 0 Å². The Morgan fingerprint density at radius 1 is 1.44 bits per heavy atom. The zero-order valence-corrected chi connectivity index (χ0v) is 9.12. The van der Waals surface area contributed by atoms with E-state index in [0.717, 1.165) is 17.0 Å². The van der Waals surface area contributed by atoms with Gasteiger partial charge in [0.25, 0.3) is 5.56 Å². The number of carbonyl (C=O) groups is 3. The van der Waals surface area contributed by atoms with Gasteiger partial charge in [0.15, 0.2) is 5.69 Å². The van der Waals surface area contributed by atoms with Gasteiger partial charge in [-0.25, -0.2) is 9.78 Å². The Bertz CT molecular complexity index is 591. The molecule has 0 spiro atoms. The second-order valence-electron chi connectivity index (χ2n) is 3.79. The third kappa shape index (κ3) is 2.12. The predicted octanol–water partition coefficient (Wildman–Crippen LogP) is -1.08. The van der Waals surface area contributed by atoms with Crippen LogP contribution in [-0.4, -0.2) is 32.4 Å². The number of nitrogens with zero attached hydrogens (tertiary/aromatic N) is 2. The lowest BCUT2D eigenvalue weighted by Crippen LogP contribution is -2.44. The first-order valence-corrected chi connectivity index (χ1v) is 5.14. The summed E-state index contributed by atoms with van der Waals surface area (Å²) in [6, 6.07) is 0.0111. The molecule has 1 unspecified atom stereocenters. The standard InChI is InChI=1S/C10H9N3O5/c14-7-2-1-6(9(16)12-7)13-4-11-5(10(17)18)3-8(13)15/h3-4,6H,1-2H2,(H,17,18)(H,12,14,16). The third-order valence-electron chi connectivity index (χ3n) is 2.60. The van der Waals surface area contributed by atoms with Gasteiger partial charge in [0.2, 0.25) is 11.8 Å². The Morgan fingerprint density at radius 3 is 2.72 bits per heavy atom. The average molecular weight is 251 g/mol. The molecule has 0 aliphatic carbocycles. The smallest absolute Gasteiger partial charge is 0.354 e. The summed E-state index contributed by atoms with van der Waals surface area (Å²) in [7, 11) is 0. The number of rotatable bonds is 2. The molecule has 1 aliphatic heterocycles. The number of aromatic nitrogens is 2. The third-order valence-corrected chi connectivity index (χ3v) is 2.60. The zero-order chi connectivity index (χ0) is 13.3. The van der Waals surface area contributed by atoms with Crippen molar-refractivity contribution in [2.75, 3.05) is 0 Å². The SMILES string of the molecule is O=C1CCC(n2cnc(C(=O)O)cc2=O)C(=O)N1. The Labute approximate surface area is 100 Å². The van der Waals surface area contributed by atoms with Crippen LogP contribution in [0.25, 0.3) is 0 Å². The van der Waals surface area contributed by atoms with Gasteiger partial charge in [-0.1, -0.05) is 0 Å². The quantitative estimate of drug-likeness (QED) is 0.645. The topological polar surface area (TPSA) is 118 Å². The molecule has 0 bridgehead atoms. The van der Waals surface area contributed by atoms with Gasteiger partial charge in [-0.2, -0.15) is 0 Å². The molecule has 8 heteroatoms. The minimum Gasteiger partial charge on any atom is -0.477 e. The molecule has 1 aromatic heterocycles. The van der Waals surface area contributed by atoms with E-state index in [1.807, 2.05) is 0 Å². The fourth-order valence-corrected chi connectivity index (χ4v) is 1.71. The summed E-state index contributed by atoms with van der Waals surface area (Å²) in [5, 5.41) is 10.8. The fraction of sp³-hybridized carbons (Fsp3) is 0.300. The van der Waals surface area contributed by atoms with Gasteiger partial charge in [0.05, 0.1) is 6.33 Å². The molecule has 0 aromatic carbocycles. The van der Waals surface area contributed by atoms with E-state index >= 15 is 0 Å². The summed E-state index contributed by atoms with van der Waals surface area (Å²) in [4.78, 5) is 48.4. The van der Waals surface area contributed by atoms with Crippen LogP contribution in [0.5, 0.6) is 0 Å². The predicted molar refractivity (Wildman–Crippen MR) is 56.9 cm³/mol. The number of piperidine rings is 1. The minimum absolute atomic E-state index is 0.129. The monoisotopic (exact) mass is 251 g/mol. The molecule has 18 heavy (non-hydrogen) atoms. The van der Waals surface area contributed by atoms with E-state index in [1.54, 1.807) is 0 Å². The number of amides is 2. The lowest BCUT2D eigenvalue weighted by molar-refractivity contribution is -0.135. The van der Waals surface area contributed by atoms with Gasteiger partial charge in [0, 0.05) is 12.5 Å². The Morgan fingerprint density at radius 2 is 2.17 bits per heavy atom. The van der Waals surface area contributed by atoms with E-state index < -0.39 is 23.5 Å². The van der Waals surface area contributed by atoms with Crippen molar-refractivity contribution in [2.45, 2.75) is 18.9 Å². The largest absolute Gasteiger partial charge is 0.477 e. The Balaban J connectivity index is 2.34. The van der Waals surface area contributed by atoms with Crippen molar-refractivity contribution in [2.24, 2.45) is 0 Å². The van der Waals surface area contributed by atoms with Crippen LogP contribution in [0.2, 0.25) is 0 Å². The molecule has 1 saturated heterocycles. The lowest BCUT2D eigenvalue weighted by atomic mass is 10.1. The van der Waals surface area contributed by atoms with E-state index in [9.17, 15) is 19.2 Å². The molecule has 1 aromatic rings. The number of imide groups is 1. The van der Waals surface area contributed by atoms with Crippen molar-refractivity contribution in [1.29, 1.82) is 0 Å². The number of nitrogens with one attached hydrogen (secondary N) is 1. The van der Waals surface area contributed by atoms with Crippen LogP contribution in [0.3, 0.4) is 0 Å². The van der Waals surface area contributed by atoms with Crippen molar-refractivity contribution < 1.29 is 19.5 Å². The van der Waals surface area contributed by atoms with Gasteiger partial charge in [0.1, 0.15) is 6.04 Å². The van der Waals surface area contributed by atoms with Crippen LogP contribution in [-0.2, 0) is 9.59 Å². The first-order valence-electron chi connectivity index (χ1n) is 5.14. The van der Waals surface area contributed by atoms with Crippen LogP contribution in [0.15, 0.2) is 17.2 Å². The molecule has 2 N–H and O–H groups in total. The summed E-state index contributed by atoms with van der Waals surface area (Å²) >= 11 is 0. The maximum absolute atomic E-state index is 11.7. The van der Waals surface area contributed by atoms with E-state index in [-0.39, 0.29) is 24.4 Å². The van der Waals surface area contributed by atoms with Crippen LogP contribution < -0.4 is 10.9 Å². The van der Waals surface area contributed by atoms with Gasteiger partial charge >= 0.3 is 5.97 Å². The molecule has 0 radical (unpaired) electrons. The highest BCUT2D eigenvalue weighted by molar-refractivity contribution is 5.99. The average Bonchev–Trinajstić information content (AvgIpc) is 2.30. The first kappa shape index (κ1) is 12.0. The highest BCUT2D eigenvalue weighted by atomic mass is 16.4. The number of hydrogen-bond acceptors (Lipinski definition) is 5. The molecule has 1 aliphatic rings. The molecular weight excluding hydrogens is 242 g/mol. The van der Waals surface area contributed by atoms with Crippen molar-refractivity contribution in [3.8, 4) is 0 Å². The molecule has 8 nitrogen and oxygen atoms in total. The normalized spacial score (nSPS) is 19.4. The number of carboxylic acid groups (broad SMARTS) is 1. The Hall–Kier alpha value is -2.51. The molecule has 94 valence electrons. The van der Waals surface area contributed by atoms with Gasteiger partial charge in [-0.3, -0.25) is 24.3 Å². The van der Waals surface area contributed by atoms with Crippen LogP contribution in [0, 0.1) is 0 Å². The maximum Gasteiger partial charge on any atom is 0.354 e. The van der Waals surface area contributed by atoms with E-state index in [1.165, 1.54) is 0 Å². The second kappa shape index (κ2) is 4.40. The maximum atomic E-state index is 11.7. The molecule has 1 atom stereocenters. The van der Waals surface area contributed by atoms with E-state index in [0.29, 0.717) is 0 Å². The van der Waals surface area contributed by atoms with E-state index in [2.05, 4.69) is 10.3 Å². The van der Waals surface area contributed by atoms with Crippen molar-refractivity contribution in [3.63, 3.8) is 0 Å². The molecular formula is C10H9N3O5. The van der Waals surface area contributed by atoms with Crippen LogP contribution >= 0.6 is 0 Å². The van der Waals surface area contributed by atoms with Gasteiger partial charge in [-0.15, -0.1) is 0 Å². The van der Waals surface area contributed by atoms with Crippen molar-refractivity contribution in [3.05, 3.63) is 28.4 Å². The number of aromatic carboxylic acids is 1. The molecule has 2 heterocycles. The van der Waals surface area contributed by atoms with Gasteiger partial charge in [-0.05, 0) is 6.42 Å². The molecule has 0 saturated carbocycles. The summed E-state index contributed by atoms with van der Waals surface area (Å²) in [5.74, 6) is -2.29. The molecule has 2 rings (SSSR count). The van der Waals surface area contributed by atoms with Crippen molar-refractivity contribution in [1.82, 2.24) is 14.9 Å². The minimum atomic E-state index is -1.32. The zero-order valence-electron chi connectivity index (χ0n) is 9.12. The lowest BCUT2D eigenvalue weighted by Gasteiger charge is -2.22. The number of carbonyl (C=O) groups excluding carboxylic acids is 2. The Kier molecular flexibility index (Phi) is 2.92. The highest BCUT2D eigenvalue weighted by Crippen LogP contribution is 2.15. The number of hydrogen-bond donors (Lipinski definition) is 2. The summed E-state index contributed by atoms with van der Waals surface area (Å²) in [6.07, 6.45) is 1.33. The highest BCUT2D eigenvalue weighted by Gasteiger charge is 2.28. The number of carboxylic acids is 1. The first-order chi connectivity index (χ1) is 8.49. The summed E-state index contributed by atoms with van der Waals surface area (Å²) < 4.78 is 1.02. The molecule has 2 amide bonds. The summed E-state index contributed by atoms with van der Waals surface area (Å²) in [6.45, 7) is 0. The summed E-state index contributed by atoms with van der Waals surface area (Å²) in [5.41, 5.74) is -1.03. The van der Waals surface area contributed by atoms with Crippen molar-refractivity contribution >= 4 is 17.8 Å². The second-order valence-corrected chi connectivity index (χ2v) is 3.79. The van der Waals surface area contributed by atoms with Gasteiger partial charge < -0.3 is 5.11 Å². The van der Waals surface area contributed by atoms with Crippen LogP contribution in [0.1, 0.15) is 29.4 Å². The molecule has 1 fully saturated rings. The fourth-order valence-electron chi connectivity index (χ4n) is 1.71.